The van der Waals surface area contributed by atoms with Gasteiger partial charge < -0.3 is 4.90 Å². The number of aromatic nitrogens is 1. The number of nitrogens with zero attached hydrogens (tertiary/aromatic N) is 3. The zero-order valence-electron chi connectivity index (χ0n) is 14.3. The third-order valence-corrected chi connectivity index (χ3v) is 4.64. The Balaban J connectivity index is 1.87. The lowest BCUT2D eigenvalue weighted by Crippen LogP contribution is -2.44. The van der Waals surface area contributed by atoms with E-state index < -0.39 is 18.5 Å². The van der Waals surface area contributed by atoms with Crippen molar-refractivity contribution in [2.24, 2.45) is 5.92 Å². The van der Waals surface area contributed by atoms with Gasteiger partial charge in [0.1, 0.15) is 12.5 Å². The van der Waals surface area contributed by atoms with Gasteiger partial charge in [-0.05, 0) is 24.5 Å². The first-order chi connectivity index (χ1) is 12.3. The van der Waals surface area contributed by atoms with Crippen LogP contribution in [0.15, 0.2) is 30.3 Å². The fourth-order valence-corrected chi connectivity index (χ4v) is 3.53. The lowest BCUT2D eigenvalue weighted by molar-refractivity contribution is -0.162. The highest BCUT2D eigenvalue weighted by Crippen LogP contribution is 2.32. The highest BCUT2D eigenvalue weighted by Gasteiger charge is 2.36. The monoisotopic (exact) mass is 361 g/mol. The number of carbonyl (C=O) groups is 1. The normalized spacial score (nSPS) is 20.8. The Labute approximate surface area is 149 Å². The zero-order chi connectivity index (χ0) is 18.9. The van der Waals surface area contributed by atoms with Crippen LogP contribution in [0.3, 0.4) is 0 Å². The summed E-state index contributed by atoms with van der Waals surface area (Å²) in [7, 11) is 0. The van der Waals surface area contributed by atoms with Gasteiger partial charge in [0.2, 0.25) is 5.91 Å². The zero-order valence-corrected chi connectivity index (χ0v) is 14.3. The van der Waals surface area contributed by atoms with Gasteiger partial charge in [0.05, 0.1) is 11.1 Å². The fourth-order valence-electron chi connectivity index (χ4n) is 3.53. The van der Waals surface area contributed by atoms with Crippen LogP contribution in [0.25, 0.3) is 10.9 Å². The van der Waals surface area contributed by atoms with E-state index in [2.05, 4.69) is 11.1 Å². The van der Waals surface area contributed by atoms with E-state index in [0.29, 0.717) is 23.3 Å². The lowest BCUT2D eigenvalue weighted by Gasteiger charge is -2.36. The molecular formula is C19H18F3N3O. The second-order valence-corrected chi connectivity index (χ2v) is 6.85. The van der Waals surface area contributed by atoms with Gasteiger partial charge in [0.15, 0.2) is 0 Å². The third kappa shape index (κ3) is 3.96. The number of carbonyl (C=O) groups excluding carboxylic acids is 1. The summed E-state index contributed by atoms with van der Waals surface area (Å²) in [4.78, 5) is 17.9. The minimum atomic E-state index is -4.50. The largest absolute Gasteiger partial charge is 0.397 e. The van der Waals surface area contributed by atoms with Crippen LogP contribution in [-0.4, -0.2) is 35.1 Å². The first kappa shape index (κ1) is 18.2. The Kier molecular flexibility index (Phi) is 4.86. The first-order valence-electron chi connectivity index (χ1n) is 8.41. The Morgan fingerprint density at radius 2 is 2.08 bits per heavy atom. The molecule has 0 N–H and O–H groups in total. The summed E-state index contributed by atoms with van der Waals surface area (Å²) in [5.41, 5.74) is 1.74. The van der Waals surface area contributed by atoms with Crippen molar-refractivity contribution in [2.45, 2.75) is 31.9 Å². The van der Waals surface area contributed by atoms with Crippen LogP contribution in [0.5, 0.6) is 0 Å². The van der Waals surface area contributed by atoms with Crippen LogP contribution < -0.4 is 0 Å². The van der Waals surface area contributed by atoms with E-state index >= 15 is 0 Å². The predicted molar refractivity (Wildman–Crippen MR) is 90.2 cm³/mol. The Morgan fingerprint density at radius 1 is 1.31 bits per heavy atom. The van der Waals surface area contributed by atoms with Crippen LogP contribution >= 0.6 is 0 Å². The number of hydrogen-bond acceptors (Lipinski definition) is 3. The molecule has 1 aromatic carbocycles. The van der Waals surface area contributed by atoms with Gasteiger partial charge in [-0.1, -0.05) is 25.1 Å². The number of halogens is 3. The van der Waals surface area contributed by atoms with E-state index in [4.69, 9.17) is 0 Å². The molecule has 26 heavy (non-hydrogen) atoms. The van der Waals surface area contributed by atoms with E-state index in [9.17, 15) is 23.2 Å². The first-order valence-corrected chi connectivity index (χ1v) is 8.41. The maximum atomic E-state index is 12.5. The molecule has 1 aromatic heterocycles. The number of rotatable bonds is 2. The van der Waals surface area contributed by atoms with Gasteiger partial charge in [-0.15, -0.1) is 0 Å². The van der Waals surface area contributed by atoms with Crippen molar-refractivity contribution in [3.8, 4) is 6.07 Å². The number of fused-ring (bicyclic) bond motifs is 1. The van der Waals surface area contributed by atoms with Gasteiger partial charge in [0.25, 0.3) is 0 Å². The molecule has 136 valence electrons. The average molecular weight is 361 g/mol. The van der Waals surface area contributed by atoms with Crippen molar-refractivity contribution in [2.75, 3.05) is 13.1 Å². The summed E-state index contributed by atoms with van der Waals surface area (Å²) in [6.45, 7) is 2.46. The number of para-hydroxylation sites is 1. The molecule has 0 radical (unpaired) electrons. The molecule has 7 heteroatoms. The summed E-state index contributed by atoms with van der Waals surface area (Å²) in [6, 6.07) is 11.1. The Morgan fingerprint density at radius 3 is 2.77 bits per heavy atom. The van der Waals surface area contributed by atoms with Crippen LogP contribution in [0, 0.1) is 17.2 Å². The van der Waals surface area contributed by atoms with Crippen molar-refractivity contribution in [1.82, 2.24) is 9.88 Å². The molecule has 1 fully saturated rings. The Bertz CT molecular complexity index is 872. The standard InChI is InChI=1S/C19H18F3N3O/c1-12-7-15(11-25(10-12)17(26)8-19(20,21)22)16-6-5-13-3-2-4-14(9-23)18(13)24-16/h2-6,12,15H,7-8,10-11H2,1H3/t12-,15-/m1/s1. The molecule has 2 heterocycles. The number of likely N-dealkylation sites (tertiary alicyclic amines) is 1. The molecule has 0 spiro atoms. The minimum absolute atomic E-state index is 0.0784. The van der Waals surface area contributed by atoms with E-state index in [1.165, 1.54) is 4.90 Å². The third-order valence-electron chi connectivity index (χ3n) is 4.64. The van der Waals surface area contributed by atoms with E-state index in [-0.39, 0.29) is 18.4 Å². The van der Waals surface area contributed by atoms with Gasteiger partial charge in [-0.25, -0.2) is 0 Å². The van der Waals surface area contributed by atoms with Gasteiger partial charge in [0, 0.05) is 30.1 Å². The molecule has 1 aliphatic heterocycles. The van der Waals surface area contributed by atoms with Crippen LogP contribution in [0.2, 0.25) is 0 Å². The quantitative estimate of drug-likeness (QED) is 0.812. The number of hydrogen-bond donors (Lipinski definition) is 0. The molecule has 1 saturated heterocycles. The molecule has 1 aliphatic rings. The summed E-state index contributed by atoms with van der Waals surface area (Å²) >= 11 is 0. The molecule has 0 saturated carbocycles. The summed E-state index contributed by atoms with van der Waals surface area (Å²) in [5, 5.41) is 10.1. The summed E-state index contributed by atoms with van der Waals surface area (Å²) < 4.78 is 37.6. The maximum Gasteiger partial charge on any atom is 0.397 e. The van der Waals surface area contributed by atoms with Crippen molar-refractivity contribution >= 4 is 16.8 Å². The number of nitriles is 1. The molecular weight excluding hydrogens is 343 g/mol. The molecule has 2 aromatic rings. The van der Waals surface area contributed by atoms with Crippen LogP contribution in [-0.2, 0) is 4.79 Å². The lowest BCUT2D eigenvalue weighted by atomic mass is 9.87. The molecule has 0 aliphatic carbocycles. The van der Waals surface area contributed by atoms with Gasteiger partial charge >= 0.3 is 6.18 Å². The molecule has 2 atom stereocenters. The van der Waals surface area contributed by atoms with E-state index in [1.807, 2.05) is 25.1 Å². The van der Waals surface area contributed by atoms with Crippen molar-refractivity contribution in [1.29, 1.82) is 5.26 Å². The van der Waals surface area contributed by atoms with E-state index in [1.54, 1.807) is 12.1 Å². The minimum Gasteiger partial charge on any atom is -0.341 e. The number of piperidine rings is 1. The number of pyridine rings is 1. The maximum absolute atomic E-state index is 12.5. The second-order valence-electron chi connectivity index (χ2n) is 6.85. The van der Waals surface area contributed by atoms with Crippen molar-refractivity contribution < 1.29 is 18.0 Å². The fraction of sp³-hybridized carbons (Fsp3) is 0.421. The van der Waals surface area contributed by atoms with Gasteiger partial charge in [-0.2, -0.15) is 18.4 Å². The molecule has 1 amide bonds. The molecule has 0 unspecified atom stereocenters. The predicted octanol–water partition coefficient (Wildman–Crippen LogP) is 4.01. The van der Waals surface area contributed by atoms with Gasteiger partial charge in [-0.3, -0.25) is 9.78 Å². The molecule has 3 rings (SSSR count). The van der Waals surface area contributed by atoms with Crippen LogP contribution in [0.1, 0.15) is 36.9 Å². The van der Waals surface area contributed by atoms with Crippen molar-refractivity contribution in [3.63, 3.8) is 0 Å². The second kappa shape index (κ2) is 6.94. The number of alkyl halides is 3. The summed E-state index contributed by atoms with van der Waals surface area (Å²) in [5.74, 6) is -0.964. The number of amides is 1. The highest BCUT2D eigenvalue weighted by atomic mass is 19.4. The topological polar surface area (TPSA) is 57.0 Å². The smallest absolute Gasteiger partial charge is 0.341 e. The SMILES string of the molecule is C[C@@H]1C[C@@H](c2ccc3cccc(C#N)c3n2)CN(C(=O)CC(F)(F)F)C1. The molecule has 4 nitrogen and oxygen atoms in total. The molecule has 0 bridgehead atoms. The average Bonchev–Trinajstić information content (AvgIpc) is 2.58. The summed E-state index contributed by atoms with van der Waals surface area (Å²) in [6.07, 6.45) is -5.20. The van der Waals surface area contributed by atoms with Crippen molar-refractivity contribution in [3.05, 3.63) is 41.6 Å². The van der Waals surface area contributed by atoms with Crippen LogP contribution in [0.4, 0.5) is 13.2 Å². The number of benzene rings is 1. The van der Waals surface area contributed by atoms with E-state index in [0.717, 1.165) is 11.8 Å². The highest BCUT2D eigenvalue weighted by molar-refractivity contribution is 5.84. The Hall–Kier alpha value is -2.62.